The zero-order valence-electron chi connectivity index (χ0n) is 11.4. The third-order valence-electron chi connectivity index (χ3n) is 3.75. The number of nitrogens with two attached hydrogens (primary N) is 1. The maximum Gasteiger partial charge on any atom is 0.256 e. The van der Waals surface area contributed by atoms with E-state index in [0.717, 1.165) is 25.9 Å². The number of nitrogen functional groups attached to an aromatic ring is 1. The summed E-state index contributed by atoms with van der Waals surface area (Å²) < 4.78 is 0. The topological polar surface area (TPSA) is 49.6 Å². The molecular formula is C14H20ClN3O. The molecule has 0 radical (unpaired) electrons. The maximum atomic E-state index is 12.5. The molecule has 1 aromatic rings. The number of rotatable bonds is 2. The number of likely N-dealkylation sites (tertiary alicyclic amines) is 1. The molecule has 1 aliphatic rings. The minimum atomic E-state index is -0.0553. The summed E-state index contributed by atoms with van der Waals surface area (Å²) in [6.45, 7) is 2.00. The van der Waals surface area contributed by atoms with Crippen LogP contribution in [0, 0.1) is 0 Å². The van der Waals surface area contributed by atoms with Gasteiger partial charge in [0.1, 0.15) is 0 Å². The molecule has 2 rings (SSSR count). The van der Waals surface area contributed by atoms with Crippen LogP contribution in [0.15, 0.2) is 18.2 Å². The fourth-order valence-electron chi connectivity index (χ4n) is 2.53. The predicted molar refractivity (Wildman–Crippen MR) is 78.5 cm³/mol. The minimum Gasteiger partial charge on any atom is -0.397 e. The average molecular weight is 282 g/mol. The lowest BCUT2D eigenvalue weighted by Crippen LogP contribution is -2.47. The van der Waals surface area contributed by atoms with Gasteiger partial charge >= 0.3 is 0 Å². The third-order valence-corrected chi connectivity index (χ3v) is 4.08. The van der Waals surface area contributed by atoms with Gasteiger partial charge in [-0.25, -0.2) is 0 Å². The average Bonchev–Trinajstić information content (AvgIpc) is 2.40. The molecule has 1 saturated heterocycles. The van der Waals surface area contributed by atoms with Crippen molar-refractivity contribution in [1.82, 2.24) is 9.80 Å². The van der Waals surface area contributed by atoms with Gasteiger partial charge in [-0.2, -0.15) is 0 Å². The van der Waals surface area contributed by atoms with Gasteiger partial charge < -0.3 is 15.5 Å². The molecule has 4 nitrogen and oxygen atoms in total. The molecule has 1 unspecified atom stereocenters. The van der Waals surface area contributed by atoms with Gasteiger partial charge in [-0.1, -0.05) is 17.7 Å². The van der Waals surface area contributed by atoms with Crippen molar-refractivity contribution in [2.45, 2.75) is 18.9 Å². The molecule has 1 amide bonds. The van der Waals surface area contributed by atoms with Crippen molar-refractivity contribution in [1.29, 1.82) is 0 Å². The van der Waals surface area contributed by atoms with E-state index in [9.17, 15) is 4.79 Å². The molecule has 0 saturated carbocycles. The van der Waals surface area contributed by atoms with E-state index in [1.807, 2.05) is 7.05 Å². The number of likely N-dealkylation sites (N-methyl/N-ethyl adjacent to an activating group) is 2. The van der Waals surface area contributed by atoms with E-state index in [1.165, 1.54) is 0 Å². The zero-order valence-corrected chi connectivity index (χ0v) is 12.2. The second-order valence-corrected chi connectivity index (χ2v) is 5.58. The Kier molecular flexibility index (Phi) is 4.32. The molecule has 1 atom stereocenters. The van der Waals surface area contributed by atoms with Crippen molar-refractivity contribution in [2.24, 2.45) is 0 Å². The lowest BCUT2D eigenvalue weighted by molar-refractivity contribution is 0.0645. The molecular weight excluding hydrogens is 262 g/mol. The number of anilines is 1. The Hall–Kier alpha value is -1.26. The first-order valence-electron chi connectivity index (χ1n) is 6.50. The first-order chi connectivity index (χ1) is 9.00. The molecule has 1 aromatic carbocycles. The van der Waals surface area contributed by atoms with Crippen molar-refractivity contribution in [3.63, 3.8) is 0 Å². The van der Waals surface area contributed by atoms with Gasteiger partial charge in [0.2, 0.25) is 0 Å². The summed E-state index contributed by atoms with van der Waals surface area (Å²) in [6, 6.07) is 5.42. The molecule has 2 N–H and O–H groups in total. The highest BCUT2D eigenvalue weighted by Crippen LogP contribution is 2.25. The van der Waals surface area contributed by atoms with Gasteiger partial charge in [0.25, 0.3) is 5.91 Å². The van der Waals surface area contributed by atoms with Gasteiger partial charge in [-0.15, -0.1) is 0 Å². The molecule has 1 fully saturated rings. The molecule has 5 heteroatoms. The van der Waals surface area contributed by atoms with Crippen LogP contribution >= 0.6 is 11.6 Å². The van der Waals surface area contributed by atoms with E-state index in [4.69, 9.17) is 17.3 Å². The van der Waals surface area contributed by atoms with E-state index in [1.54, 1.807) is 23.1 Å². The standard InChI is InChI=1S/C14H20ClN3O/c1-17-8-4-5-10(9-17)18(2)14(19)11-6-3-7-12(15)13(11)16/h3,6-7,10H,4-5,8-9,16H2,1-2H3. The first-order valence-corrected chi connectivity index (χ1v) is 6.88. The van der Waals surface area contributed by atoms with Gasteiger partial charge in [-0.05, 0) is 38.6 Å². The minimum absolute atomic E-state index is 0.0553. The Morgan fingerprint density at radius 1 is 1.53 bits per heavy atom. The van der Waals surface area contributed by atoms with Crippen LogP contribution in [-0.2, 0) is 0 Å². The van der Waals surface area contributed by atoms with Crippen LogP contribution in [0.5, 0.6) is 0 Å². The lowest BCUT2D eigenvalue weighted by atomic mass is 10.0. The molecule has 1 heterocycles. The highest BCUT2D eigenvalue weighted by atomic mass is 35.5. The number of halogens is 1. The molecule has 0 aliphatic carbocycles. The maximum absolute atomic E-state index is 12.5. The molecule has 1 aliphatic heterocycles. The molecule has 0 spiro atoms. The normalized spacial score (nSPS) is 20.3. The lowest BCUT2D eigenvalue weighted by Gasteiger charge is -2.36. The summed E-state index contributed by atoms with van der Waals surface area (Å²) in [4.78, 5) is 16.5. The summed E-state index contributed by atoms with van der Waals surface area (Å²) in [6.07, 6.45) is 2.15. The number of benzene rings is 1. The molecule has 104 valence electrons. The third kappa shape index (κ3) is 3.01. The fraction of sp³-hybridized carbons (Fsp3) is 0.500. The van der Waals surface area contributed by atoms with Crippen LogP contribution in [0.2, 0.25) is 5.02 Å². The highest BCUT2D eigenvalue weighted by Gasteiger charge is 2.26. The summed E-state index contributed by atoms with van der Waals surface area (Å²) in [5, 5.41) is 0.431. The van der Waals surface area contributed by atoms with Gasteiger partial charge in [0, 0.05) is 19.6 Å². The molecule has 0 bridgehead atoms. The Bertz CT molecular complexity index is 478. The zero-order chi connectivity index (χ0) is 14.0. The van der Waals surface area contributed by atoms with Crippen LogP contribution < -0.4 is 5.73 Å². The molecule has 0 aromatic heterocycles. The Balaban J connectivity index is 2.16. The van der Waals surface area contributed by atoms with Gasteiger partial charge in [0.15, 0.2) is 0 Å². The van der Waals surface area contributed by atoms with E-state index in [0.29, 0.717) is 16.3 Å². The number of hydrogen-bond acceptors (Lipinski definition) is 3. The van der Waals surface area contributed by atoms with Crippen molar-refractivity contribution in [3.8, 4) is 0 Å². The van der Waals surface area contributed by atoms with Gasteiger partial charge in [0.05, 0.1) is 16.3 Å². The summed E-state index contributed by atoms with van der Waals surface area (Å²) >= 11 is 5.97. The number of carbonyl (C=O) groups is 1. The number of para-hydroxylation sites is 1. The van der Waals surface area contributed by atoms with Crippen molar-refractivity contribution >= 4 is 23.2 Å². The second-order valence-electron chi connectivity index (χ2n) is 5.18. The quantitative estimate of drug-likeness (QED) is 0.845. The Morgan fingerprint density at radius 3 is 2.95 bits per heavy atom. The predicted octanol–water partition coefficient (Wildman–Crippen LogP) is 2.09. The van der Waals surface area contributed by atoms with E-state index >= 15 is 0 Å². The van der Waals surface area contributed by atoms with Crippen LogP contribution in [0.25, 0.3) is 0 Å². The van der Waals surface area contributed by atoms with E-state index in [2.05, 4.69) is 11.9 Å². The second kappa shape index (κ2) is 5.80. The number of nitrogens with zero attached hydrogens (tertiary/aromatic N) is 2. The SMILES string of the molecule is CN1CCCC(N(C)C(=O)c2cccc(Cl)c2N)C1. The van der Waals surface area contributed by atoms with Crippen LogP contribution in [-0.4, -0.2) is 48.9 Å². The summed E-state index contributed by atoms with van der Waals surface area (Å²) in [7, 11) is 3.92. The van der Waals surface area contributed by atoms with E-state index < -0.39 is 0 Å². The number of amides is 1. The Morgan fingerprint density at radius 2 is 2.26 bits per heavy atom. The van der Waals surface area contributed by atoms with Crippen molar-refractivity contribution in [2.75, 3.05) is 32.9 Å². The number of hydrogen-bond donors (Lipinski definition) is 1. The summed E-state index contributed by atoms with van der Waals surface area (Å²) in [5.74, 6) is -0.0553. The van der Waals surface area contributed by atoms with Crippen LogP contribution in [0.1, 0.15) is 23.2 Å². The monoisotopic (exact) mass is 281 g/mol. The van der Waals surface area contributed by atoms with Gasteiger partial charge in [-0.3, -0.25) is 4.79 Å². The number of piperidine rings is 1. The Labute approximate surface area is 119 Å². The van der Waals surface area contributed by atoms with Crippen molar-refractivity contribution in [3.05, 3.63) is 28.8 Å². The van der Waals surface area contributed by atoms with Crippen molar-refractivity contribution < 1.29 is 4.79 Å². The fourth-order valence-corrected chi connectivity index (χ4v) is 2.71. The number of carbonyl (C=O) groups excluding carboxylic acids is 1. The molecule has 19 heavy (non-hydrogen) atoms. The highest BCUT2D eigenvalue weighted by molar-refractivity contribution is 6.33. The largest absolute Gasteiger partial charge is 0.397 e. The van der Waals surface area contributed by atoms with Crippen LogP contribution in [0.3, 0.4) is 0 Å². The van der Waals surface area contributed by atoms with Crippen LogP contribution in [0.4, 0.5) is 5.69 Å². The first kappa shape index (κ1) is 14.2. The summed E-state index contributed by atoms with van der Waals surface area (Å²) in [5.41, 5.74) is 6.74. The van der Waals surface area contributed by atoms with E-state index in [-0.39, 0.29) is 11.9 Å². The smallest absolute Gasteiger partial charge is 0.256 e.